The van der Waals surface area contributed by atoms with Crippen LogP contribution in [0.5, 0.6) is 5.75 Å². The Morgan fingerprint density at radius 3 is 2.48 bits per heavy atom. The lowest BCUT2D eigenvalue weighted by atomic mass is 9.87. The van der Waals surface area contributed by atoms with Crippen LogP contribution >= 0.6 is 0 Å². The summed E-state index contributed by atoms with van der Waals surface area (Å²) < 4.78 is 5.16. The summed E-state index contributed by atoms with van der Waals surface area (Å²) in [7, 11) is 1.57. The second kappa shape index (κ2) is 7.58. The number of imide groups is 1. The van der Waals surface area contributed by atoms with E-state index in [-0.39, 0.29) is 11.9 Å². The van der Waals surface area contributed by atoms with E-state index in [1.54, 1.807) is 38.3 Å². The van der Waals surface area contributed by atoms with Gasteiger partial charge in [0.1, 0.15) is 17.3 Å². The van der Waals surface area contributed by atoms with Crippen molar-refractivity contribution in [3.8, 4) is 5.75 Å². The van der Waals surface area contributed by atoms with Gasteiger partial charge in [0.05, 0.1) is 7.11 Å². The number of nitrogens with zero attached hydrogens (tertiary/aromatic N) is 1. The third-order valence-electron chi connectivity index (χ3n) is 5.70. The molecule has 1 saturated carbocycles. The van der Waals surface area contributed by atoms with Gasteiger partial charge in [-0.05, 0) is 43.9 Å². The highest BCUT2D eigenvalue weighted by Gasteiger charge is 2.53. The Morgan fingerprint density at radius 2 is 1.93 bits per heavy atom. The molecule has 1 aliphatic carbocycles. The Labute approximate surface area is 159 Å². The van der Waals surface area contributed by atoms with Gasteiger partial charge in [0, 0.05) is 6.04 Å². The molecule has 2 N–H and O–H groups in total. The van der Waals surface area contributed by atoms with Crippen molar-refractivity contribution < 1.29 is 19.1 Å². The van der Waals surface area contributed by atoms with Gasteiger partial charge in [-0.3, -0.25) is 9.59 Å². The summed E-state index contributed by atoms with van der Waals surface area (Å²) in [6.45, 7) is 3.44. The highest BCUT2D eigenvalue weighted by molar-refractivity contribution is 6.10. The molecule has 2 fully saturated rings. The normalized spacial score (nSPS) is 24.0. The van der Waals surface area contributed by atoms with Crippen LogP contribution in [-0.2, 0) is 15.1 Å². The molecule has 2 atom stereocenters. The second-order valence-electron chi connectivity index (χ2n) is 7.26. The molecule has 1 aliphatic heterocycles. The molecule has 4 amide bonds. The van der Waals surface area contributed by atoms with Crippen molar-refractivity contribution >= 4 is 17.8 Å². The van der Waals surface area contributed by atoms with Crippen LogP contribution in [0.25, 0.3) is 0 Å². The Kier molecular flexibility index (Phi) is 5.39. The Bertz CT molecular complexity index is 727. The molecule has 27 heavy (non-hydrogen) atoms. The summed E-state index contributed by atoms with van der Waals surface area (Å²) >= 11 is 0. The fraction of sp³-hybridized carbons (Fsp3) is 0.550. The maximum atomic E-state index is 13.2. The third kappa shape index (κ3) is 3.38. The SMILES string of the molecule is CC[C@@]1(c2ccc(OC)cc2)NC(=O)N([C@@H](C)C(=O)NC2CCCC2)C1=O. The summed E-state index contributed by atoms with van der Waals surface area (Å²) in [5.41, 5.74) is -0.485. The molecule has 0 spiro atoms. The lowest BCUT2D eigenvalue weighted by molar-refractivity contribution is -0.138. The van der Waals surface area contributed by atoms with E-state index in [9.17, 15) is 14.4 Å². The zero-order chi connectivity index (χ0) is 19.6. The van der Waals surface area contributed by atoms with E-state index in [1.165, 1.54) is 0 Å². The smallest absolute Gasteiger partial charge is 0.326 e. The third-order valence-corrected chi connectivity index (χ3v) is 5.70. The molecule has 1 heterocycles. The fourth-order valence-corrected chi connectivity index (χ4v) is 3.97. The van der Waals surface area contributed by atoms with Crippen molar-refractivity contribution in [2.24, 2.45) is 0 Å². The van der Waals surface area contributed by atoms with Gasteiger partial charge < -0.3 is 15.4 Å². The average molecular weight is 373 g/mol. The van der Waals surface area contributed by atoms with Crippen LogP contribution < -0.4 is 15.4 Å². The molecule has 0 aromatic heterocycles. The number of nitrogens with one attached hydrogen (secondary N) is 2. The Hall–Kier alpha value is -2.57. The molecule has 146 valence electrons. The number of rotatable bonds is 6. The molecule has 0 unspecified atom stereocenters. The zero-order valence-electron chi connectivity index (χ0n) is 16.1. The molecule has 1 saturated heterocycles. The van der Waals surface area contributed by atoms with Crippen molar-refractivity contribution in [1.82, 2.24) is 15.5 Å². The van der Waals surface area contributed by atoms with Crippen LogP contribution in [0.1, 0.15) is 51.5 Å². The largest absolute Gasteiger partial charge is 0.497 e. The number of ether oxygens (including phenoxy) is 1. The van der Waals surface area contributed by atoms with E-state index < -0.39 is 23.5 Å². The molecule has 1 aromatic rings. The molecule has 1 aromatic carbocycles. The number of methoxy groups -OCH3 is 1. The summed E-state index contributed by atoms with van der Waals surface area (Å²) in [5.74, 6) is -0.00999. The molecule has 2 aliphatic rings. The van der Waals surface area contributed by atoms with Crippen molar-refractivity contribution in [1.29, 1.82) is 0 Å². The highest BCUT2D eigenvalue weighted by Crippen LogP contribution is 2.34. The molecule has 0 bridgehead atoms. The lowest BCUT2D eigenvalue weighted by Crippen LogP contribution is -2.51. The van der Waals surface area contributed by atoms with E-state index in [2.05, 4.69) is 10.6 Å². The fourth-order valence-electron chi connectivity index (χ4n) is 3.97. The van der Waals surface area contributed by atoms with Gasteiger partial charge in [0.2, 0.25) is 5.91 Å². The first kappa shape index (κ1) is 19.2. The molecule has 3 rings (SSSR count). The number of hydrogen-bond acceptors (Lipinski definition) is 4. The number of urea groups is 1. The summed E-state index contributed by atoms with van der Waals surface area (Å²) in [4.78, 5) is 39.5. The molecular formula is C20H27N3O4. The minimum Gasteiger partial charge on any atom is -0.497 e. The minimum absolute atomic E-state index is 0.137. The predicted molar refractivity (Wildman–Crippen MR) is 100 cm³/mol. The van der Waals surface area contributed by atoms with E-state index in [1.807, 2.05) is 6.92 Å². The van der Waals surface area contributed by atoms with Crippen molar-refractivity contribution in [3.63, 3.8) is 0 Å². The number of hydrogen-bond donors (Lipinski definition) is 2. The molecule has 7 heteroatoms. The Morgan fingerprint density at radius 1 is 1.30 bits per heavy atom. The number of amides is 4. The highest BCUT2D eigenvalue weighted by atomic mass is 16.5. The maximum Gasteiger partial charge on any atom is 0.326 e. The number of benzene rings is 1. The van der Waals surface area contributed by atoms with Crippen LogP contribution in [0.2, 0.25) is 0 Å². The van der Waals surface area contributed by atoms with Crippen LogP contribution in [0.4, 0.5) is 4.79 Å². The number of carbonyl (C=O) groups is 3. The van der Waals surface area contributed by atoms with Gasteiger partial charge in [0.25, 0.3) is 5.91 Å². The standard InChI is InChI=1S/C20H27N3O4/c1-4-20(14-9-11-16(27-3)12-10-14)18(25)23(19(26)22-20)13(2)17(24)21-15-7-5-6-8-15/h9-13,15H,4-8H2,1-3H3,(H,21,24)(H,22,26)/t13-,20-/m0/s1. The zero-order valence-corrected chi connectivity index (χ0v) is 16.1. The van der Waals surface area contributed by atoms with Gasteiger partial charge in [0.15, 0.2) is 0 Å². The van der Waals surface area contributed by atoms with Crippen molar-refractivity contribution in [2.75, 3.05) is 7.11 Å². The minimum atomic E-state index is -1.16. The van der Waals surface area contributed by atoms with E-state index >= 15 is 0 Å². The van der Waals surface area contributed by atoms with Crippen LogP contribution in [0, 0.1) is 0 Å². The quantitative estimate of drug-likeness (QED) is 0.749. The van der Waals surface area contributed by atoms with E-state index in [0.29, 0.717) is 17.7 Å². The summed E-state index contributed by atoms with van der Waals surface area (Å²) in [6.07, 6.45) is 4.47. The van der Waals surface area contributed by atoms with E-state index in [0.717, 1.165) is 30.6 Å². The lowest BCUT2D eigenvalue weighted by Gasteiger charge is -2.27. The predicted octanol–water partition coefficient (Wildman–Crippen LogP) is 2.30. The second-order valence-corrected chi connectivity index (χ2v) is 7.26. The first-order valence-electron chi connectivity index (χ1n) is 9.53. The van der Waals surface area contributed by atoms with Gasteiger partial charge in [-0.2, -0.15) is 0 Å². The maximum absolute atomic E-state index is 13.2. The van der Waals surface area contributed by atoms with Crippen molar-refractivity contribution in [2.45, 2.75) is 63.6 Å². The molecule has 7 nitrogen and oxygen atoms in total. The van der Waals surface area contributed by atoms with Crippen LogP contribution in [0.15, 0.2) is 24.3 Å². The summed E-state index contributed by atoms with van der Waals surface area (Å²) in [5, 5.41) is 5.78. The average Bonchev–Trinajstić information content (AvgIpc) is 3.27. The van der Waals surface area contributed by atoms with Gasteiger partial charge in [-0.25, -0.2) is 9.69 Å². The van der Waals surface area contributed by atoms with Gasteiger partial charge in [-0.15, -0.1) is 0 Å². The topological polar surface area (TPSA) is 87.7 Å². The van der Waals surface area contributed by atoms with E-state index in [4.69, 9.17) is 4.74 Å². The van der Waals surface area contributed by atoms with Gasteiger partial charge in [-0.1, -0.05) is 31.9 Å². The number of carbonyl (C=O) groups excluding carboxylic acids is 3. The van der Waals surface area contributed by atoms with Crippen LogP contribution in [-0.4, -0.2) is 41.9 Å². The molecular weight excluding hydrogens is 346 g/mol. The first-order chi connectivity index (χ1) is 12.9. The monoisotopic (exact) mass is 373 g/mol. The van der Waals surface area contributed by atoms with Crippen molar-refractivity contribution in [3.05, 3.63) is 29.8 Å². The van der Waals surface area contributed by atoms with Gasteiger partial charge >= 0.3 is 6.03 Å². The first-order valence-corrected chi connectivity index (χ1v) is 9.53. The van der Waals surface area contributed by atoms with Crippen LogP contribution in [0.3, 0.4) is 0 Å². The summed E-state index contributed by atoms with van der Waals surface area (Å²) in [6, 6.07) is 5.80. The Balaban J connectivity index is 1.82. The molecule has 0 radical (unpaired) electrons.